The van der Waals surface area contributed by atoms with E-state index in [0.29, 0.717) is 23.9 Å². The molecule has 3 rings (SSSR count). The number of hydrazine groups is 1. The van der Waals surface area contributed by atoms with Crippen LogP contribution in [0, 0.1) is 13.8 Å². The fourth-order valence-electron chi connectivity index (χ4n) is 3.93. The van der Waals surface area contributed by atoms with Gasteiger partial charge in [0, 0.05) is 37.9 Å². The molecule has 178 valence electrons. The van der Waals surface area contributed by atoms with Gasteiger partial charge in [0.2, 0.25) is 5.75 Å². The van der Waals surface area contributed by atoms with Gasteiger partial charge < -0.3 is 19.1 Å². The topological polar surface area (TPSA) is 63.3 Å². The van der Waals surface area contributed by atoms with Gasteiger partial charge in [-0.15, -0.1) is 0 Å². The Morgan fingerprint density at radius 3 is 2.27 bits per heavy atom. The molecule has 1 heterocycles. The van der Waals surface area contributed by atoms with Crippen LogP contribution in [0.1, 0.15) is 30.0 Å². The van der Waals surface area contributed by atoms with E-state index in [0.717, 1.165) is 38.2 Å². The third kappa shape index (κ3) is 6.42. The minimum Gasteiger partial charge on any atom is -0.493 e. The number of nitrogens with zero attached hydrogens (tertiary/aromatic N) is 2. The monoisotopic (exact) mass is 453 g/mol. The van der Waals surface area contributed by atoms with Crippen LogP contribution < -0.4 is 24.5 Å². The van der Waals surface area contributed by atoms with E-state index >= 15 is 0 Å². The number of benzene rings is 2. The quantitative estimate of drug-likeness (QED) is 0.580. The van der Waals surface area contributed by atoms with Gasteiger partial charge in [0.05, 0.1) is 20.8 Å². The number of aryl methyl sites for hydroxylation is 2. The van der Waals surface area contributed by atoms with Gasteiger partial charge in [0.25, 0.3) is 5.91 Å². The minimum atomic E-state index is -0.167. The van der Waals surface area contributed by atoms with E-state index in [1.165, 1.54) is 22.9 Å². The van der Waals surface area contributed by atoms with Crippen molar-refractivity contribution in [3.05, 3.63) is 53.1 Å². The summed E-state index contributed by atoms with van der Waals surface area (Å²) >= 11 is 0. The lowest BCUT2D eigenvalue weighted by molar-refractivity contribution is -0.121. The molecule has 0 unspecified atom stereocenters. The lowest BCUT2D eigenvalue weighted by atomic mass is 10.1. The van der Waals surface area contributed by atoms with Crippen molar-refractivity contribution < 1.29 is 19.0 Å². The number of nitrogens with one attached hydrogen (secondary N) is 1. The van der Waals surface area contributed by atoms with Crippen molar-refractivity contribution in [2.24, 2.45) is 0 Å². The molecular weight excluding hydrogens is 418 g/mol. The summed E-state index contributed by atoms with van der Waals surface area (Å²) < 4.78 is 16.7. The average molecular weight is 454 g/mol. The highest BCUT2D eigenvalue weighted by atomic mass is 16.5. The molecule has 1 saturated heterocycles. The largest absolute Gasteiger partial charge is 0.493 e. The Morgan fingerprint density at radius 2 is 1.70 bits per heavy atom. The van der Waals surface area contributed by atoms with Gasteiger partial charge >= 0.3 is 0 Å². The molecule has 2 aromatic rings. The highest BCUT2D eigenvalue weighted by Crippen LogP contribution is 2.39. The van der Waals surface area contributed by atoms with E-state index in [-0.39, 0.29) is 5.91 Å². The van der Waals surface area contributed by atoms with E-state index in [9.17, 15) is 4.79 Å². The molecule has 0 radical (unpaired) electrons. The van der Waals surface area contributed by atoms with Gasteiger partial charge in [-0.2, -0.15) is 0 Å². The van der Waals surface area contributed by atoms with Crippen LogP contribution in [0.15, 0.2) is 36.4 Å². The van der Waals surface area contributed by atoms with Crippen molar-refractivity contribution in [1.82, 2.24) is 10.4 Å². The zero-order valence-corrected chi connectivity index (χ0v) is 20.3. The first-order valence-corrected chi connectivity index (χ1v) is 11.4. The first-order valence-electron chi connectivity index (χ1n) is 11.4. The van der Waals surface area contributed by atoms with Crippen LogP contribution in [0.5, 0.6) is 17.2 Å². The lowest BCUT2D eigenvalue weighted by Crippen LogP contribution is -2.53. The molecule has 1 N–H and O–H groups in total. The van der Waals surface area contributed by atoms with Crippen molar-refractivity contribution in [3.8, 4) is 17.2 Å². The number of rotatable bonds is 9. The molecule has 1 amide bonds. The summed E-state index contributed by atoms with van der Waals surface area (Å²) in [5.74, 6) is 1.56. The third-order valence-electron chi connectivity index (χ3n) is 5.60. The van der Waals surface area contributed by atoms with Crippen molar-refractivity contribution in [3.63, 3.8) is 0 Å². The van der Waals surface area contributed by atoms with Crippen molar-refractivity contribution >= 4 is 17.7 Å². The zero-order chi connectivity index (χ0) is 23.8. The Kier molecular flexibility index (Phi) is 8.60. The predicted molar refractivity (Wildman–Crippen MR) is 132 cm³/mol. The van der Waals surface area contributed by atoms with Crippen LogP contribution >= 0.6 is 0 Å². The van der Waals surface area contributed by atoms with Gasteiger partial charge in [-0.05, 0) is 55.7 Å². The van der Waals surface area contributed by atoms with Crippen LogP contribution in [0.4, 0.5) is 5.69 Å². The van der Waals surface area contributed by atoms with E-state index in [1.807, 2.05) is 24.1 Å². The summed E-state index contributed by atoms with van der Waals surface area (Å²) in [6.07, 6.45) is 4.15. The molecule has 33 heavy (non-hydrogen) atoms. The standard InChI is InChI=1S/C26H35N3O4/c1-6-15-33-26-23(31-4)17-21(18-24(26)32-5)8-10-25(30)27-29-13-11-28(12-14-29)22-9-7-19(2)16-20(22)3/h7-10,16-18H,6,11-15H2,1-5H3,(H,27,30)/b10-8+. The smallest absolute Gasteiger partial charge is 0.258 e. The molecule has 0 atom stereocenters. The number of hydrogen-bond donors (Lipinski definition) is 1. The van der Waals surface area contributed by atoms with Crippen LogP contribution in [-0.2, 0) is 4.79 Å². The van der Waals surface area contributed by atoms with Crippen LogP contribution in [0.25, 0.3) is 6.08 Å². The Balaban J connectivity index is 1.58. The highest BCUT2D eigenvalue weighted by molar-refractivity contribution is 5.91. The molecule has 1 fully saturated rings. The predicted octanol–water partition coefficient (Wildman–Crippen LogP) is 3.98. The van der Waals surface area contributed by atoms with Crippen LogP contribution in [0.2, 0.25) is 0 Å². The summed E-state index contributed by atoms with van der Waals surface area (Å²) in [6.45, 7) is 10.1. The Hall–Kier alpha value is -3.19. The first-order chi connectivity index (χ1) is 15.9. The maximum atomic E-state index is 12.5. The number of amides is 1. The zero-order valence-electron chi connectivity index (χ0n) is 20.3. The summed E-state index contributed by atoms with van der Waals surface area (Å²) in [5.41, 5.74) is 7.59. The molecule has 1 aliphatic heterocycles. The fourth-order valence-corrected chi connectivity index (χ4v) is 3.93. The second-order valence-corrected chi connectivity index (χ2v) is 8.18. The van der Waals surface area contributed by atoms with E-state index in [4.69, 9.17) is 14.2 Å². The second kappa shape index (κ2) is 11.6. The second-order valence-electron chi connectivity index (χ2n) is 8.18. The normalized spacial score (nSPS) is 14.4. The molecule has 7 nitrogen and oxygen atoms in total. The minimum absolute atomic E-state index is 0.167. The molecule has 0 aliphatic carbocycles. The number of piperazine rings is 1. The Morgan fingerprint density at radius 1 is 1.03 bits per heavy atom. The molecule has 0 spiro atoms. The number of anilines is 1. The van der Waals surface area contributed by atoms with Crippen LogP contribution in [0.3, 0.4) is 0 Å². The van der Waals surface area contributed by atoms with Crippen LogP contribution in [-0.4, -0.2) is 57.9 Å². The summed E-state index contributed by atoms with van der Waals surface area (Å²) in [5, 5.41) is 1.97. The molecule has 0 saturated carbocycles. The van der Waals surface area contributed by atoms with Crippen molar-refractivity contribution in [2.75, 3.05) is 51.9 Å². The number of carbonyl (C=O) groups is 1. The first kappa shape index (κ1) is 24.5. The number of carbonyl (C=O) groups excluding carboxylic acids is 1. The SMILES string of the molecule is CCCOc1c(OC)cc(/C=C/C(=O)NN2CCN(c3ccc(C)cc3C)CC2)cc1OC. The Bertz CT molecular complexity index is 956. The lowest BCUT2D eigenvalue weighted by Gasteiger charge is -2.36. The molecule has 2 aromatic carbocycles. The molecule has 1 aliphatic rings. The molecule has 0 bridgehead atoms. The highest BCUT2D eigenvalue weighted by Gasteiger charge is 2.19. The summed E-state index contributed by atoms with van der Waals surface area (Å²) in [7, 11) is 3.18. The maximum absolute atomic E-state index is 12.5. The third-order valence-corrected chi connectivity index (χ3v) is 5.60. The van der Waals surface area contributed by atoms with Gasteiger partial charge in [-0.1, -0.05) is 24.6 Å². The van der Waals surface area contributed by atoms with E-state index in [1.54, 1.807) is 20.3 Å². The number of ether oxygens (including phenoxy) is 3. The number of hydrogen-bond acceptors (Lipinski definition) is 6. The molecular formula is C26H35N3O4. The molecule has 0 aromatic heterocycles. The number of methoxy groups -OCH3 is 2. The van der Waals surface area contributed by atoms with Gasteiger partial charge in [-0.25, -0.2) is 5.01 Å². The summed E-state index contributed by atoms with van der Waals surface area (Å²) in [4.78, 5) is 14.9. The average Bonchev–Trinajstić information content (AvgIpc) is 2.82. The van der Waals surface area contributed by atoms with Gasteiger partial charge in [0.1, 0.15) is 0 Å². The van der Waals surface area contributed by atoms with Crippen molar-refractivity contribution in [1.29, 1.82) is 0 Å². The van der Waals surface area contributed by atoms with E-state index < -0.39 is 0 Å². The van der Waals surface area contributed by atoms with E-state index in [2.05, 4.69) is 42.4 Å². The van der Waals surface area contributed by atoms with Gasteiger partial charge in [0.15, 0.2) is 11.5 Å². The fraction of sp³-hybridized carbons (Fsp3) is 0.423. The molecule has 7 heteroatoms. The summed E-state index contributed by atoms with van der Waals surface area (Å²) in [6, 6.07) is 10.2. The maximum Gasteiger partial charge on any atom is 0.258 e. The van der Waals surface area contributed by atoms with Crippen molar-refractivity contribution in [2.45, 2.75) is 27.2 Å². The van der Waals surface area contributed by atoms with Gasteiger partial charge in [-0.3, -0.25) is 10.2 Å². The Labute approximate surface area is 196 Å².